The van der Waals surface area contributed by atoms with E-state index in [2.05, 4.69) is 5.32 Å². The van der Waals surface area contributed by atoms with Gasteiger partial charge in [0.2, 0.25) is 0 Å². The Morgan fingerprint density at radius 1 is 1.36 bits per heavy atom. The molecular formula is C11H16ClNO. The normalized spacial score (nSPS) is 14.4. The van der Waals surface area contributed by atoms with Gasteiger partial charge in [0.05, 0.1) is 12.3 Å². The zero-order valence-electron chi connectivity index (χ0n) is 8.32. The SMILES string of the molecule is CNc1ccccc1OCC1CC1.Cl. The summed E-state index contributed by atoms with van der Waals surface area (Å²) in [5, 5.41) is 3.11. The van der Waals surface area contributed by atoms with Gasteiger partial charge in [-0.1, -0.05) is 12.1 Å². The average molecular weight is 214 g/mol. The van der Waals surface area contributed by atoms with E-state index < -0.39 is 0 Å². The number of nitrogens with one attached hydrogen (secondary N) is 1. The zero-order valence-corrected chi connectivity index (χ0v) is 9.14. The lowest BCUT2D eigenvalue weighted by atomic mass is 10.3. The first-order valence-corrected chi connectivity index (χ1v) is 4.79. The number of halogens is 1. The monoisotopic (exact) mass is 213 g/mol. The fourth-order valence-electron chi connectivity index (χ4n) is 1.29. The molecule has 0 unspecified atom stereocenters. The Hall–Kier alpha value is -0.890. The van der Waals surface area contributed by atoms with Crippen molar-refractivity contribution in [3.8, 4) is 5.75 Å². The molecule has 0 saturated heterocycles. The Bertz CT molecular complexity index is 286. The van der Waals surface area contributed by atoms with Gasteiger partial charge in [0, 0.05) is 7.05 Å². The molecule has 1 aliphatic carbocycles. The maximum atomic E-state index is 5.69. The van der Waals surface area contributed by atoms with Crippen LogP contribution in [0.3, 0.4) is 0 Å². The van der Waals surface area contributed by atoms with E-state index in [0.29, 0.717) is 0 Å². The third-order valence-corrected chi connectivity index (χ3v) is 2.33. The molecule has 0 atom stereocenters. The van der Waals surface area contributed by atoms with Crippen molar-refractivity contribution in [1.29, 1.82) is 0 Å². The highest BCUT2D eigenvalue weighted by molar-refractivity contribution is 5.85. The van der Waals surface area contributed by atoms with Gasteiger partial charge in [0.1, 0.15) is 5.75 Å². The van der Waals surface area contributed by atoms with Crippen molar-refractivity contribution in [1.82, 2.24) is 0 Å². The molecule has 0 aliphatic heterocycles. The maximum Gasteiger partial charge on any atom is 0.142 e. The van der Waals surface area contributed by atoms with Crippen LogP contribution in [-0.2, 0) is 0 Å². The zero-order chi connectivity index (χ0) is 9.10. The maximum absolute atomic E-state index is 5.69. The summed E-state index contributed by atoms with van der Waals surface area (Å²) in [7, 11) is 1.92. The Labute approximate surface area is 91.1 Å². The van der Waals surface area contributed by atoms with Gasteiger partial charge in [0.15, 0.2) is 0 Å². The van der Waals surface area contributed by atoms with Crippen LogP contribution in [0.15, 0.2) is 24.3 Å². The lowest BCUT2D eigenvalue weighted by Gasteiger charge is -2.09. The summed E-state index contributed by atoms with van der Waals surface area (Å²) in [5.41, 5.74) is 1.07. The number of para-hydroxylation sites is 2. The predicted octanol–water partition coefficient (Wildman–Crippen LogP) is 2.94. The second kappa shape index (κ2) is 5.11. The molecule has 1 saturated carbocycles. The third kappa shape index (κ3) is 2.81. The first-order chi connectivity index (χ1) is 6.40. The van der Waals surface area contributed by atoms with Gasteiger partial charge in [-0.2, -0.15) is 0 Å². The molecule has 1 aliphatic rings. The largest absolute Gasteiger partial charge is 0.491 e. The summed E-state index contributed by atoms with van der Waals surface area (Å²) in [4.78, 5) is 0. The van der Waals surface area contributed by atoms with E-state index in [1.165, 1.54) is 12.8 Å². The number of ether oxygens (including phenoxy) is 1. The van der Waals surface area contributed by atoms with Crippen LogP contribution in [-0.4, -0.2) is 13.7 Å². The van der Waals surface area contributed by atoms with Gasteiger partial charge in [-0.05, 0) is 30.9 Å². The van der Waals surface area contributed by atoms with E-state index in [9.17, 15) is 0 Å². The van der Waals surface area contributed by atoms with Crippen molar-refractivity contribution in [2.24, 2.45) is 5.92 Å². The highest BCUT2D eigenvalue weighted by atomic mass is 35.5. The molecule has 78 valence electrons. The van der Waals surface area contributed by atoms with Gasteiger partial charge in [-0.3, -0.25) is 0 Å². The molecule has 0 spiro atoms. The van der Waals surface area contributed by atoms with E-state index in [-0.39, 0.29) is 12.4 Å². The smallest absolute Gasteiger partial charge is 0.142 e. The van der Waals surface area contributed by atoms with Gasteiger partial charge in [-0.15, -0.1) is 12.4 Å². The summed E-state index contributed by atoms with van der Waals surface area (Å²) in [6.45, 7) is 0.874. The van der Waals surface area contributed by atoms with Crippen LogP contribution in [0.2, 0.25) is 0 Å². The summed E-state index contributed by atoms with van der Waals surface area (Å²) in [5.74, 6) is 1.78. The Balaban J connectivity index is 0.000000980. The summed E-state index contributed by atoms with van der Waals surface area (Å²) >= 11 is 0. The van der Waals surface area contributed by atoms with E-state index in [1.807, 2.05) is 31.3 Å². The molecule has 0 aromatic heterocycles. The Morgan fingerprint density at radius 2 is 2.07 bits per heavy atom. The quantitative estimate of drug-likeness (QED) is 0.831. The number of rotatable bonds is 4. The van der Waals surface area contributed by atoms with Crippen LogP contribution in [0.1, 0.15) is 12.8 Å². The van der Waals surface area contributed by atoms with Crippen LogP contribution in [0.25, 0.3) is 0 Å². The van der Waals surface area contributed by atoms with Crippen molar-refractivity contribution < 1.29 is 4.74 Å². The number of anilines is 1. The first kappa shape index (κ1) is 11.2. The number of hydrogen-bond acceptors (Lipinski definition) is 2. The van der Waals surface area contributed by atoms with Crippen molar-refractivity contribution >= 4 is 18.1 Å². The molecule has 0 heterocycles. The minimum Gasteiger partial charge on any atom is -0.491 e. The van der Waals surface area contributed by atoms with Crippen molar-refractivity contribution in [3.05, 3.63) is 24.3 Å². The molecule has 0 amide bonds. The molecule has 0 bridgehead atoms. The Kier molecular flexibility index (Phi) is 4.08. The van der Waals surface area contributed by atoms with Crippen LogP contribution in [0.4, 0.5) is 5.69 Å². The molecule has 3 heteroatoms. The molecule has 1 fully saturated rings. The molecule has 1 aromatic rings. The predicted molar refractivity (Wildman–Crippen MR) is 61.5 cm³/mol. The highest BCUT2D eigenvalue weighted by Crippen LogP contribution is 2.31. The lowest BCUT2D eigenvalue weighted by Crippen LogP contribution is -2.01. The van der Waals surface area contributed by atoms with Crippen LogP contribution < -0.4 is 10.1 Å². The van der Waals surface area contributed by atoms with Crippen LogP contribution >= 0.6 is 12.4 Å². The highest BCUT2D eigenvalue weighted by Gasteiger charge is 2.22. The molecule has 1 aromatic carbocycles. The Morgan fingerprint density at radius 3 is 2.71 bits per heavy atom. The van der Waals surface area contributed by atoms with Crippen molar-refractivity contribution in [3.63, 3.8) is 0 Å². The van der Waals surface area contributed by atoms with E-state index >= 15 is 0 Å². The van der Waals surface area contributed by atoms with Gasteiger partial charge < -0.3 is 10.1 Å². The molecule has 0 radical (unpaired) electrons. The van der Waals surface area contributed by atoms with Gasteiger partial charge >= 0.3 is 0 Å². The standard InChI is InChI=1S/C11H15NO.ClH/c1-12-10-4-2-3-5-11(10)13-8-9-6-7-9;/h2-5,9,12H,6-8H2,1H3;1H. The van der Waals surface area contributed by atoms with Crippen molar-refractivity contribution in [2.75, 3.05) is 19.0 Å². The molecular weight excluding hydrogens is 198 g/mol. The second-order valence-electron chi connectivity index (χ2n) is 3.50. The van der Waals surface area contributed by atoms with E-state index in [0.717, 1.165) is 24.0 Å². The minimum absolute atomic E-state index is 0. The lowest BCUT2D eigenvalue weighted by molar-refractivity contribution is 0.301. The second-order valence-corrected chi connectivity index (χ2v) is 3.50. The average Bonchev–Trinajstić information content (AvgIpc) is 2.99. The molecule has 2 nitrogen and oxygen atoms in total. The van der Waals surface area contributed by atoms with Crippen LogP contribution in [0.5, 0.6) is 5.75 Å². The molecule has 14 heavy (non-hydrogen) atoms. The summed E-state index contributed by atoms with van der Waals surface area (Å²) in [6, 6.07) is 8.05. The molecule has 2 rings (SSSR count). The van der Waals surface area contributed by atoms with Crippen molar-refractivity contribution in [2.45, 2.75) is 12.8 Å². The topological polar surface area (TPSA) is 21.3 Å². The van der Waals surface area contributed by atoms with Gasteiger partial charge in [0.25, 0.3) is 0 Å². The van der Waals surface area contributed by atoms with E-state index in [4.69, 9.17) is 4.74 Å². The first-order valence-electron chi connectivity index (χ1n) is 4.79. The fourth-order valence-corrected chi connectivity index (χ4v) is 1.29. The van der Waals surface area contributed by atoms with E-state index in [1.54, 1.807) is 0 Å². The minimum atomic E-state index is 0. The molecule has 1 N–H and O–H groups in total. The number of hydrogen-bond donors (Lipinski definition) is 1. The van der Waals surface area contributed by atoms with Crippen LogP contribution in [0, 0.1) is 5.92 Å². The fraction of sp³-hybridized carbons (Fsp3) is 0.455. The number of benzene rings is 1. The summed E-state index contributed by atoms with van der Waals surface area (Å²) in [6.07, 6.45) is 2.67. The third-order valence-electron chi connectivity index (χ3n) is 2.33. The summed E-state index contributed by atoms with van der Waals surface area (Å²) < 4.78 is 5.69. The van der Waals surface area contributed by atoms with Gasteiger partial charge in [-0.25, -0.2) is 0 Å².